The summed E-state index contributed by atoms with van der Waals surface area (Å²) in [7, 11) is 0. The molecule has 1 aliphatic carbocycles. The highest BCUT2D eigenvalue weighted by Crippen LogP contribution is 2.27. The van der Waals surface area contributed by atoms with Crippen molar-refractivity contribution in [1.82, 2.24) is 4.90 Å². The fourth-order valence-corrected chi connectivity index (χ4v) is 2.44. The lowest BCUT2D eigenvalue weighted by molar-refractivity contribution is -0.131. The summed E-state index contributed by atoms with van der Waals surface area (Å²) in [4.78, 5) is 26.1. The topological polar surface area (TPSA) is 46.6 Å². The zero-order chi connectivity index (χ0) is 15.2. The van der Waals surface area contributed by atoms with E-state index in [0.717, 1.165) is 31.4 Å². The SMILES string of the molecule is CCCN(C(=O)Cc1cccc(C(=O)OCC)c1)C1CC1. The summed E-state index contributed by atoms with van der Waals surface area (Å²) >= 11 is 0. The number of esters is 1. The summed E-state index contributed by atoms with van der Waals surface area (Å²) in [5, 5.41) is 0. The average Bonchev–Trinajstić information content (AvgIpc) is 3.29. The lowest BCUT2D eigenvalue weighted by atomic mass is 10.1. The number of carbonyl (C=O) groups is 2. The van der Waals surface area contributed by atoms with Gasteiger partial charge in [0.25, 0.3) is 0 Å². The van der Waals surface area contributed by atoms with E-state index >= 15 is 0 Å². The minimum absolute atomic E-state index is 0.153. The van der Waals surface area contributed by atoms with Crippen LogP contribution in [0.3, 0.4) is 0 Å². The molecule has 2 rings (SSSR count). The number of rotatable bonds is 7. The van der Waals surface area contributed by atoms with Gasteiger partial charge in [-0.1, -0.05) is 19.1 Å². The molecule has 0 unspecified atom stereocenters. The van der Waals surface area contributed by atoms with Gasteiger partial charge in [-0.25, -0.2) is 4.79 Å². The Hall–Kier alpha value is -1.84. The number of amides is 1. The van der Waals surface area contributed by atoms with Crippen molar-refractivity contribution in [3.05, 3.63) is 35.4 Å². The van der Waals surface area contributed by atoms with E-state index in [9.17, 15) is 9.59 Å². The van der Waals surface area contributed by atoms with Crippen molar-refractivity contribution in [2.75, 3.05) is 13.2 Å². The van der Waals surface area contributed by atoms with E-state index in [0.29, 0.717) is 24.6 Å². The van der Waals surface area contributed by atoms with E-state index in [1.165, 1.54) is 0 Å². The monoisotopic (exact) mass is 289 g/mol. The zero-order valence-electron chi connectivity index (χ0n) is 12.8. The highest BCUT2D eigenvalue weighted by atomic mass is 16.5. The van der Waals surface area contributed by atoms with E-state index in [-0.39, 0.29) is 11.9 Å². The molecule has 4 nitrogen and oxygen atoms in total. The molecule has 1 aromatic rings. The number of ether oxygens (including phenoxy) is 1. The molecular formula is C17H23NO3. The summed E-state index contributed by atoms with van der Waals surface area (Å²) in [6, 6.07) is 7.60. The van der Waals surface area contributed by atoms with Crippen molar-refractivity contribution in [3.63, 3.8) is 0 Å². The van der Waals surface area contributed by atoms with Gasteiger partial charge >= 0.3 is 5.97 Å². The van der Waals surface area contributed by atoms with Gasteiger partial charge in [-0.05, 0) is 43.9 Å². The van der Waals surface area contributed by atoms with Crippen molar-refractivity contribution >= 4 is 11.9 Å². The Balaban J connectivity index is 2.03. The molecule has 0 spiro atoms. The molecule has 1 saturated carbocycles. The first-order chi connectivity index (χ1) is 10.2. The number of hydrogen-bond acceptors (Lipinski definition) is 3. The number of nitrogens with zero attached hydrogens (tertiary/aromatic N) is 1. The standard InChI is InChI=1S/C17H23NO3/c1-3-10-18(15-8-9-15)16(19)12-13-6-5-7-14(11-13)17(20)21-4-2/h5-7,11,15H,3-4,8-10,12H2,1-2H3. The second-order valence-corrected chi connectivity index (χ2v) is 5.42. The van der Waals surface area contributed by atoms with Crippen molar-refractivity contribution in [3.8, 4) is 0 Å². The van der Waals surface area contributed by atoms with E-state index in [1.807, 2.05) is 11.0 Å². The molecule has 114 valence electrons. The molecule has 0 aliphatic heterocycles. The minimum Gasteiger partial charge on any atom is -0.462 e. The predicted molar refractivity (Wildman–Crippen MR) is 81.1 cm³/mol. The third-order valence-corrected chi connectivity index (χ3v) is 3.57. The molecule has 0 N–H and O–H groups in total. The van der Waals surface area contributed by atoms with Crippen molar-refractivity contribution in [2.45, 2.75) is 45.6 Å². The third kappa shape index (κ3) is 4.31. The molecule has 0 bridgehead atoms. The fourth-order valence-electron chi connectivity index (χ4n) is 2.44. The first-order valence-corrected chi connectivity index (χ1v) is 7.71. The Labute approximate surface area is 126 Å². The maximum atomic E-state index is 12.4. The van der Waals surface area contributed by atoms with Crippen molar-refractivity contribution in [1.29, 1.82) is 0 Å². The molecule has 0 heterocycles. The second kappa shape index (κ2) is 7.25. The third-order valence-electron chi connectivity index (χ3n) is 3.57. The van der Waals surface area contributed by atoms with Gasteiger partial charge in [-0.2, -0.15) is 0 Å². The Bertz CT molecular complexity index is 509. The van der Waals surface area contributed by atoms with Crippen LogP contribution in [0.4, 0.5) is 0 Å². The van der Waals surface area contributed by atoms with Crippen LogP contribution in [0, 0.1) is 0 Å². The van der Waals surface area contributed by atoms with Crippen molar-refractivity contribution in [2.24, 2.45) is 0 Å². The van der Waals surface area contributed by atoms with Gasteiger partial charge in [-0.3, -0.25) is 4.79 Å². The number of carbonyl (C=O) groups excluding carboxylic acids is 2. The molecule has 4 heteroatoms. The summed E-state index contributed by atoms with van der Waals surface area (Å²) in [5.74, 6) is -0.181. The highest BCUT2D eigenvalue weighted by Gasteiger charge is 2.31. The van der Waals surface area contributed by atoms with Gasteiger partial charge in [0.2, 0.25) is 5.91 Å². The van der Waals surface area contributed by atoms with E-state index in [2.05, 4.69) is 6.92 Å². The molecular weight excluding hydrogens is 266 g/mol. The van der Waals surface area contributed by atoms with Crippen LogP contribution < -0.4 is 0 Å². The quantitative estimate of drug-likeness (QED) is 0.725. The van der Waals surface area contributed by atoms with Crippen LogP contribution in [0.2, 0.25) is 0 Å². The van der Waals surface area contributed by atoms with E-state index in [1.54, 1.807) is 25.1 Å². The summed E-state index contributed by atoms with van der Waals surface area (Å²) in [5.41, 5.74) is 1.38. The molecule has 1 aromatic carbocycles. The van der Waals surface area contributed by atoms with Gasteiger partial charge < -0.3 is 9.64 Å². The van der Waals surface area contributed by atoms with Crippen LogP contribution in [0.15, 0.2) is 24.3 Å². The van der Waals surface area contributed by atoms with Gasteiger partial charge in [0.05, 0.1) is 18.6 Å². The molecule has 0 atom stereocenters. The normalized spacial score (nSPS) is 13.8. The maximum Gasteiger partial charge on any atom is 0.338 e. The largest absolute Gasteiger partial charge is 0.462 e. The van der Waals surface area contributed by atoms with Crippen molar-refractivity contribution < 1.29 is 14.3 Å². The minimum atomic E-state index is -0.334. The molecule has 0 aromatic heterocycles. The van der Waals surface area contributed by atoms with Crippen LogP contribution in [-0.4, -0.2) is 36.0 Å². The molecule has 1 amide bonds. The van der Waals surface area contributed by atoms with Gasteiger partial charge in [0.15, 0.2) is 0 Å². The number of benzene rings is 1. The lowest BCUT2D eigenvalue weighted by Crippen LogP contribution is -2.34. The average molecular weight is 289 g/mol. The summed E-state index contributed by atoms with van der Waals surface area (Å²) in [6.45, 7) is 5.04. The molecule has 21 heavy (non-hydrogen) atoms. The fraction of sp³-hybridized carbons (Fsp3) is 0.529. The van der Waals surface area contributed by atoms with Gasteiger partial charge in [0.1, 0.15) is 0 Å². The predicted octanol–water partition coefficient (Wildman–Crippen LogP) is 2.81. The Morgan fingerprint density at radius 2 is 2.05 bits per heavy atom. The number of hydrogen-bond donors (Lipinski definition) is 0. The van der Waals surface area contributed by atoms with Crippen LogP contribution >= 0.6 is 0 Å². The Morgan fingerprint density at radius 1 is 1.29 bits per heavy atom. The van der Waals surface area contributed by atoms with Crippen LogP contribution in [0.25, 0.3) is 0 Å². The second-order valence-electron chi connectivity index (χ2n) is 5.42. The van der Waals surface area contributed by atoms with Gasteiger partial charge in [-0.15, -0.1) is 0 Å². The van der Waals surface area contributed by atoms with Crippen LogP contribution in [0.1, 0.15) is 49.0 Å². The molecule has 0 saturated heterocycles. The van der Waals surface area contributed by atoms with E-state index < -0.39 is 0 Å². The summed E-state index contributed by atoms with van der Waals surface area (Å²) in [6.07, 6.45) is 3.57. The van der Waals surface area contributed by atoms with Crippen LogP contribution in [0.5, 0.6) is 0 Å². The molecule has 1 aliphatic rings. The molecule has 0 radical (unpaired) electrons. The van der Waals surface area contributed by atoms with E-state index in [4.69, 9.17) is 4.74 Å². The van der Waals surface area contributed by atoms with Gasteiger partial charge in [0, 0.05) is 12.6 Å². The lowest BCUT2D eigenvalue weighted by Gasteiger charge is -2.21. The first-order valence-electron chi connectivity index (χ1n) is 7.71. The highest BCUT2D eigenvalue weighted by molar-refractivity contribution is 5.90. The maximum absolute atomic E-state index is 12.4. The Morgan fingerprint density at radius 3 is 2.67 bits per heavy atom. The summed E-state index contributed by atoms with van der Waals surface area (Å²) < 4.78 is 4.99. The smallest absolute Gasteiger partial charge is 0.338 e. The first kappa shape index (κ1) is 15.5. The zero-order valence-corrected chi connectivity index (χ0v) is 12.8. The van der Waals surface area contributed by atoms with Crippen LogP contribution in [-0.2, 0) is 16.0 Å². The molecule has 1 fully saturated rings. The Kier molecular flexibility index (Phi) is 5.37.